The van der Waals surface area contributed by atoms with Gasteiger partial charge in [0.25, 0.3) is 11.6 Å². The van der Waals surface area contributed by atoms with Gasteiger partial charge in [0.1, 0.15) is 5.41 Å². The second kappa shape index (κ2) is 7.31. The van der Waals surface area contributed by atoms with Crippen LogP contribution in [0.2, 0.25) is 0 Å². The Kier molecular flexibility index (Phi) is 4.72. The fraction of sp³-hybridized carbons (Fsp3) is 0.360. The third-order valence-corrected chi connectivity index (χ3v) is 8.14. The number of hydrogen-bond donors (Lipinski definition) is 2. The number of nitro benzene ring substituents is 1. The number of nitrogens with one attached hydrogen (secondary N) is 2. The zero-order chi connectivity index (χ0) is 24.3. The van der Waals surface area contributed by atoms with Gasteiger partial charge >= 0.3 is 0 Å². The number of hydrogen-bond acceptors (Lipinski definition) is 6. The van der Waals surface area contributed by atoms with Gasteiger partial charge in [-0.2, -0.15) is 0 Å². The lowest BCUT2D eigenvalue weighted by atomic mass is 9.63. The second-order valence-corrected chi connectivity index (χ2v) is 9.88. The van der Waals surface area contributed by atoms with Crippen molar-refractivity contribution in [1.82, 2.24) is 20.8 Å². The van der Waals surface area contributed by atoms with Crippen LogP contribution >= 0.6 is 0 Å². The van der Waals surface area contributed by atoms with E-state index in [1.165, 1.54) is 12.1 Å². The van der Waals surface area contributed by atoms with Crippen LogP contribution in [0.4, 0.5) is 5.69 Å². The fourth-order valence-corrected chi connectivity index (χ4v) is 5.76. The molecule has 5 rings (SSSR count). The smallest absolute Gasteiger partial charge is 0.271 e. The third-order valence-electron chi connectivity index (χ3n) is 8.14. The van der Waals surface area contributed by atoms with Gasteiger partial charge in [-0.25, -0.2) is 9.97 Å². The molecule has 1 aromatic heterocycles. The van der Waals surface area contributed by atoms with Crippen molar-refractivity contribution in [2.75, 3.05) is 0 Å². The minimum absolute atomic E-state index is 0.0814. The zero-order valence-electron chi connectivity index (χ0n) is 19.2. The normalized spacial score (nSPS) is 24.0. The van der Waals surface area contributed by atoms with Crippen molar-refractivity contribution in [1.29, 1.82) is 0 Å². The molecule has 1 fully saturated rings. The Balaban J connectivity index is 1.51. The molecule has 0 spiro atoms. The lowest BCUT2D eigenvalue weighted by molar-refractivity contribution is -0.384. The average Bonchev–Trinajstić information content (AvgIpc) is 3.11. The molecule has 1 heterocycles. The molecule has 9 nitrogen and oxygen atoms in total. The van der Waals surface area contributed by atoms with Gasteiger partial charge < -0.3 is 0 Å². The predicted molar refractivity (Wildman–Crippen MR) is 125 cm³/mol. The summed E-state index contributed by atoms with van der Waals surface area (Å²) in [6, 6.07) is 13.7. The summed E-state index contributed by atoms with van der Waals surface area (Å²) in [6.07, 6.45) is 1.42. The van der Waals surface area contributed by atoms with Crippen molar-refractivity contribution < 1.29 is 14.5 Å². The molecule has 2 amide bonds. The zero-order valence-corrected chi connectivity index (χ0v) is 19.2. The molecular weight excluding hydrogens is 434 g/mol. The van der Waals surface area contributed by atoms with Gasteiger partial charge in [0, 0.05) is 17.5 Å². The Labute approximate surface area is 196 Å². The maximum atomic E-state index is 13.7. The van der Waals surface area contributed by atoms with Gasteiger partial charge in [0.15, 0.2) is 0 Å². The molecule has 0 aliphatic heterocycles. The lowest BCUT2D eigenvalue weighted by Crippen LogP contribution is -2.56. The first-order valence-corrected chi connectivity index (χ1v) is 11.2. The molecule has 2 N–H and O–H groups in total. The van der Waals surface area contributed by atoms with Gasteiger partial charge in [-0.3, -0.25) is 30.6 Å². The maximum absolute atomic E-state index is 13.7. The number of aromatic nitrogens is 2. The molecule has 2 aromatic carbocycles. The predicted octanol–water partition coefficient (Wildman–Crippen LogP) is 3.26. The molecule has 2 atom stereocenters. The number of amides is 2. The first kappa shape index (κ1) is 21.9. The first-order valence-electron chi connectivity index (χ1n) is 11.2. The minimum Gasteiger partial charge on any atom is -0.273 e. The number of hydrazine groups is 1. The molecule has 1 saturated carbocycles. The van der Waals surface area contributed by atoms with Crippen LogP contribution in [0.1, 0.15) is 50.6 Å². The van der Waals surface area contributed by atoms with Crippen LogP contribution in [0.3, 0.4) is 0 Å². The Morgan fingerprint density at radius 2 is 1.68 bits per heavy atom. The number of fused-ring (bicyclic) bond motifs is 6. The fourth-order valence-electron chi connectivity index (χ4n) is 5.76. The van der Waals surface area contributed by atoms with Crippen molar-refractivity contribution in [3.05, 3.63) is 75.6 Å². The van der Waals surface area contributed by atoms with Gasteiger partial charge in [-0.05, 0) is 29.9 Å². The van der Waals surface area contributed by atoms with E-state index in [0.29, 0.717) is 23.1 Å². The van der Waals surface area contributed by atoms with Gasteiger partial charge in [0.2, 0.25) is 5.91 Å². The van der Waals surface area contributed by atoms with Gasteiger partial charge in [0.05, 0.1) is 33.8 Å². The number of carbonyl (C=O) groups is 2. The summed E-state index contributed by atoms with van der Waals surface area (Å²) < 4.78 is 0. The van der Waals surface area contributed by atoms with E-state index >= 15 is 0 Å². The van der Waals surface area contributed by atoms with Crippen LogP contribution in [-0.2, 0) is 26.8 Å². The van der Waals surface area contributed by atoms with Crippen molar-refractivity contribution in [3.8, 4) is 0 Å². The summed E-state index contributed by atoms with van der Waals surface area (Å²) in [6.45, 7) is 6.15. The third kappa shape index (κ3) is 2.85. The highest BCUT2D eigenvalue weighted by Gasteiger charge is 2.73. The minimum atomic E-state index is -1.02. The Morgan fingerprint density at radius 1 is 0.971 bits per heavy atom. The second-order valence-electron chi connectivity index (χ2n) is 9.88. The first-order chi connectivity index (χ1) is 16.1. The van der Waals surface area contributed by atoms with Crippen molar-refractivity contribution in [2.24, 2.45) is 5.41 Å². The molecule has 174 valence electrons. The summed E-state index contributed by atoms with van der Waals surface area (Å²) >= 11 is 0. The van der Waals surface area contributed by atoms with Gasteiger partial charge in [-0.1, -0.05) is 51.1 Å². The van der Waals surface area contributed by atoms with Crippen molar-refractivity contribution >= 4 is 28.5 Å². The summed E-state index contributed by atoms with van der Waals surface area (Å²) in [5.74, 6) is -0.673. The van der Waals surface area contributed by atoms with E-state index in [2.05, 4.69) is 17.8 Å². The molecule has 2 aliphatic carbocycles. The van der Waals surface area contributed by atoms with Gasteiger partial charge in [-0.15, -0.1) is 0 Å². The Morgan fingerprint density at radius 3 is 2.38 bits per heavy atom. The van der Waals surface area contributed by atoms with Crippen molar-refractivity contribution in [3.63, 3.8) is 0 Å². The maximum Gasteiger partial charge on any atom is 0.271 e. The van der Waals surface area contributed by atoms with Crippen LogP contribution in [0.25, 0.3) is 11.0 Å². The summed E-state index contributed by atoms with van der Waals surface area (Å²) in [5, 5.41) is 11.3. The van der Waals surface area contributed by atoms with Crippen molar-refractivity contribution in [2.45, 2.75) is 50.9 Å². The topological polar surface area (TPSA) is 127 Å². The van der Waals surface area contributed by atoms with Crippen LogP contribution in [0.5, 0.6) is 0 Å². The molecule has 0 radical (unpaired) electrons. The highest BCUT2D eigenvalue weighted by molar-refractivity contribution is 5.94. The largest absolute Gasteiger partial charge is 0.273 e. The Bertz CT molecular complexity index is 1360. The number of rotatable bonds is 4. The van der Waals surface area contributed by atoms with E-state index in [1.807, 2.05) is 44.2 Å². The monoisotopic (exact) mass is 459 g/mol. The molecule has 0 saturated heterocycles. The summed E-state index contributed by atoms with van der Waals surface area (Å²) in [5.41, 5.74) is 6.19. The molecule has 3 aromatic rings. The van der Waals surface area contributed by atoms with E-state index in [-0.39, 0.29) is 23.9 Å². The van der Waals surface area contributed by atoms with E-state index in [1.54, 1.807) is 6.07 Å². The highest BCUT2D eigenvalue weighted by atomic mass is 16.6. The quantitative estimate of drug-likeness (QED) is 0.455. The van der Waals surface area contributed by atoms with E-state index < -0.39 is 21.2 Å². The Hall–Kier alpha value is -3.88. The molecule has 2 bridgehead atoms. The lowest BCUT2D eigenvalue weighted by Gasteiger charge is -2.39. The van der Waals surface area contributed by atoms with E-state index in [0.717, 1.165) is 17.7 Å². The molecule has 2 unspecified atom stereocenters. The molecule has 2 aliphatic rings. The number of benzene rings is 2. The van der Waals surface area contributed by atoms with Crippen LogP contribution in [0, 0.1) is 15.5 Å². The number of carbonyl (C=O) groups excluding carboxylic acids is 2. The summed E-state index contributed by atoms with van der Waals surface area (Å²) in [7, 11) is 0. The number of nitrogens with zero attached hydrogens (tertiary/aromatic N) is 3. The van der Waals surface area contributed by atoms with Crippen LogP contribution < -0.4 is 10.9 Å². The molecule has 9 heteroatoms. The number of non-ortho nitro benzene ring substituents is 1. The summed E-state index contributed by atoms with van der Waals surface area (Å²) in [4.78, 5) is 46.6. The SMILES string of the molecule is CC12CCC(C(=O)NNC(=O)Cc3ccccc3)(c3nc4cc([N+](=O)[O-])ccc4nc31)C2(C)C. The van der Waals surface area contributed by atoms with E-state index in [4.69, 9.17) is 9.97 Å². The average molecular weight is 460 g/mol. The van der Waals surface area contributed by atoms with Crippen LogP contribution in [-0.4, -0.2) is 26.7 Å². The molecule has 34 heavy (non-hydrogen) atoms. The number of nitro groups is 1. The highest BCUT2D eigenvalue weighted by Crippen LogP contribution is 2.70. The van der Waals surface area contributed by atoms with Crippen LogP contribution in [0.15, 0.2) is 48.5 Å². The standard InChI is InChI=1S/C25H25N5O4/c1-23(2)24(3)11-12-25(23,22(32)29-28-19(31)13-15-7-5-4-6-8-15)21-20(24)26-17-10-9-16(30(33)34)14-18(17)27-21/h4-10,14H,11-13H2,1-3H3,(H,28,31)(H,29,32). The molecular formula is C25H25N5O4. The van der Waals surface area contributed by atoms with E-state index in [9.17, 15) is 19.7 Å².